The van der Waals surface area contributed by atoms with Gasteiger partial charge in [0.1, 0.15) is 11.6 Å². The molecule has 0 aliphatic rings. The molecular weight excluding hydrogens is 290 g/mol. The summed E-state index contributed by atoms with van der Waals surface area (Å²) in [5.74, 6) is 4.83. The van der Waals surface area contributed by atoms with E-state index < -0.39 is 17.7 Å². The summed E-state index contributed by atoms with van der Waals surface area (Å²) in [6, 6.07) is 9.99. The van der Waals surface area contributed by atoms with Crippen LogP contribution in [-0.4, -0.2) is 5.75 Å². The summed E-state index contributed by atoms with van der Waals surface area (Å²) >= 11 is 1.52. The quantitative estimate of drug-likeness (QED) is 0.500. The number of hydrogen-bond donors (Lipinski definition) is 2. The Morgan fingerprint density at radius 3 is 2.48 bits per heavy atom. The van der Waals surface area contributed by atoms with Gasteiger partial charge in [0.25, 0.3) is 0 Å². The number of nitrogens with two attached hydrogens (primary N) is 1. The molecule has 0 amide bonds. The molecule has 0 spiro atoms. The fourth-order valence-corrected chi connectivity index (χ4v) is 3.18. The Morgan fingerprint density at radius 2 is 1.81 bits per heavy atom. The molecule has 0 fully saturated rings. The Morgan fingerprint density at radius 1 is 1.10 bits per heavy atom. The van der Waals surface area contributed by atoms with Crippen LogP contribution in [0.15, 0.2) is 41.3 Å². The van der Waals surface area contributed by atoms with Gasteiger partial charge in [0.05, 0.1) is 6.04 Å². The highest BCUT2D eigenvalue weighted by atomic mass is 32.2. The first-order valence-electron chi connectivity index (χ1n) is 6.63. The van der Waals surface area contributed by atoms with Gasteiger partial charge in [0.2, 0.25) is 0 Å². The Kier molecular flexibility index (Phi) is 5.33. The number of hydrogen-bond acceptors (Lipinski definition) is 3. The molecule has 5 heteroatoms. The molecule has 0 aromatic heterocycles. The molecule has 0 bridgehead atoms. The van der Waals surface area contributed by atoms with E-state index in [1.165, 1.54) is 23.9 Å². The van der Waals surface area contributed by atoms with Crippen LogP contribution >= 0.6 is 11.8 Å². The first kappa shape index (κ1) is 15.9. The average molecular weight is 308 g/mol. The van der Waals surface area contributed by atoms with Crippen LogP contribution in [0.1, 0.15) is 22.7 Å². The molecule has 0 aliphatic heterocycles. The predicted octanol–water partition coefficient (Wildman–Crippen LogP) is 3.88. The molecule has 0 saturated heterocycles. The summed E-state index contributed by atoms with van der Waals surface area (Å²) < 4.78 is 28.1. The van der Waals surface area contributed by atoms with Gasteiger partial charge in [-0.05, 0) is 37.1 Å². The third-order valence-corrected chi connectivity index (χ3v) is 4.64. The summed E-state index contributed by atoms with van der Waals surface area (Å²) in [6.45, 7) is 3.61. The highest BCUT2D eigenvalue weighted by Crippen LogP contribution is 2.30. The fourth-order valence-electron chi connectivity index (χ4n) is 2.10. The van der Waals surface area contributed by atoms with Gasteiger partial charge in [-0.15, -0.1) is 11.8 Å². The average Bonchev–Trinajstić information content (AvgIpc) is 2.48. The molecule has 2 aromatic carbocycles. The van der Waals surface area contributed by atoms with Crippen LogP contribution in [0.25, 0.3) is 0 Å². The van der Waals surface area contributed by atoms with Gasteiger partial charge in [-0.25, -0.2) is 8.78 Å². The van der Waals surface area contributed by atoms with Gasteiger partial charge >= 0.3 is 0 Å². The summed E-state index contributed by atoms with van der Waals surface area (Å²) in [5.41, 5.74) is 4.05. The number of halogens is 2. The third-order valence-electron chi connectivity index (χ3n) is 3.37. The van der Waals surface area contributed by atoms with Gasteiger partial charge in [-0.1, -0.05) is 24.3 Å². The Hall–Kier alpha value is -1.43. The van der Waals surface area contributed by atoms with Crippen LogP contribution in [0.4, 0.5) is 8.78 Å². The van der Waals surface area contributed by atoms with Crippen LogP contribution in [0.3, 0.4) is 0 Å². The number of benzene rings is 2. The summed E-state index contributed by atoms with van der Waals surface area (Å²) in [6.07, 6.45) is 0. The number of rotatable bonds is 5. The molecule has 2 aromatic rings. The summed E-state index contributed by atoms with van der Waals surface area (Å²) in [7, 11) is 0. The second-order valence-electron chi connectivity index (χ2n) is 4.89. The summed E-state index contributed by atoms with van der Waals surface area (Å²) in [4.78, 5) is 1.08. The number of aryl methyl sites for hydroxylation is 2. The van der Waals surface area contributed by atoms with Gasteiger partial charge in [-0.3, -0.25) is 11.3 Å². The van der Waals surface area contributed by atoms with Crippen LogP contribution < -0.4 is 11.3 Å². The number of nitrogens with one attached hydrogen (secondary N) is 1. The number of hydrazine groups is 1. The Bertz CT molecular complexity index is 632. The van der Waals surface area contributed by atoms with E-state index in [1.54, 1.807) is 6.92 Å². The molecule has 2 rings (SSSR count). The lowest BCUT2D eigenvalue weighted by Crippen LogP contribution is -2.31. The van der Waals surface area contributed by atoms with E-state index in [0.29, 0.717) is 11.3 Å². The SMILES string of the molecule is Cc1ccccc1SCC(NN)c1c(F)ccc(C)c1F. The van der Waals surface area contributed by atoms with Crippen LogP contribution in [0.2, 0.25) is 0 Å². The van der Waals surface area contributed by atoms with E-state index >= 15 is 0 Å². The second-order valence-corrected chi connectivity index (χ2v) is 5.95. The minimum absolute atomic E-state index is 0.00131. The molecule has 0 radical (unpaired) electrons. The van der Waals surface area contributed by atoms with Crippen molar-refractivity contribution in [2.24, 2.45) is 5.84 Å². The smallest absolute Gasteiger partial charge is 0.133 e. The van der Waals surface area contributed by atoms with Gasteiger partial charge in [-0.2, -0.15) is 0 Å². The normalized spacial score (nSPS) is 12.4. The van der Waals surface area contributed by atoms with Crippen LogP contribution in [0.5, 0.6) is 0 Å². The minimum atomic E-state index is -0.588. The van der Waals surface area contributed by atoms with Gasteiger partial charge < -0.3 is 0 Å². The first-order chi connectivity index (χ1) is 10.0. The van der Waals surface area contributed by atoms with Crippen LogP contribution in [0, 0.1) is 25.5 Å². The van der Waals surface area contributed by atoms with E-state index in [2.05, 4.69) is 5.43 Å². The van der Waals surface area contributed by atoms with Crippen molar-refractivity contribution in [3.63, 3.8) is 0 Å². The Balaban J connectivity index is 2.22. The van der Waals surface area contributed by atoms with Crippen LogP contribution in [-0.2, 0) is 0 Å². The van der Waals surface area contributed by atoms with E-state index in [1.807, 2.05) is 31.2 Å². The lowest BCUT2D eigenvalue weighted by Gasteiger charge is -2.19. The maximum atomic E-state index is 14.2. The zero-order chi connectivity index (χ0) is 15.4. The second kappa shape index (κ2) is 7.02. The van der Waals surface area contributed by atoms with E-state index in [-0.39, 0.29) is 5.56 Å². The van der Waals surface area contributed by atoms with E-state index in [9.17, 15) is 8.78 Å². The third kappa shape index (κ3) is 3.61. The largest absolute Gasteiger partial charge is 0.271 e. The zero-order valence-corrected chi connectivity index (χ0v) is 12.8. The maximum absolute atomic E-state index is 14.2. The highest BCUT2D eigenvalue weighted by Gasteiger charge is 2.21. The minimum Gasteiger partial charge on any atom is -0.271 e. The van der Waals surface area contributed by atoms with Crippen molar-refractivity contribution < 1.29 is 8.78 Å². The van der Waals surface area contributed by atoms with Crippen molar-refractivity contribution in [3.05, 3.63) is 64.7 Å². The molecular formula is C16H18F2N2S. The lowest BCUT2D eigenvalue weighted by atomic mass is 10.0. The molecule has 21 heavy (non-hydrogen) atoms. The molecule has 1 atom stereocenters. The molecule has 2 nitrogen and oxygen atoms in total. The topological polar surface area (TPSA) is 38.0 Å². The first-order valence-corrected chi connectivity index (χ1v) is 7.62. The fraction of sp³-hybridized carbons (Fsp3) is 0.250. The zero-order valence-electron chi connectivity index (χ0n) is 12.0. The standard InChI is InChI=1S/C16H18F2N2S/c1-10-5-3-4-6-14(10)21-9-13(20-19)15-12(17)8-7-11(2)16(15)18/h3-8,13,20H,9,19H2,1-2H3. The van der Waals surface area contributed by atoms with Crippen molar-refractivity contribution in [2.45, 2.75) is 24.8 Å². The predicted molar refractivity (Wildman–Crippen MR) is 83.1 cm³/mol. The monoisotopic (exact) mass is 308 g/mol. The van der Waals surface area contributed by atoms with Crippen molar-refractivity contribution in [1.82, 2.24) is 5.43 Å². The highest BCUT2D eigenvalue weighted by molar-refractivity contribution is 7.99. The van der Waals surface area contributed by atoms with Crippen molar-refractivity contribution in [2.75, 3.05) is 5.75 Å². The van der Waals surface area contributed by atoms with Crippen molar-refractivity contribution >= 4 is 11.8 Å². The molecule has 112 valence electrons. The number of thioether (sulfide) groups is 1. The maximum Gasteiger partial charge on any atom is 0.133 e. The van der Waals surface area contributed by atoms with Gasteiger partial charge in [0.15, 0.2) is 0 Å². The van der Waals surface area contributed by atoms with Crippen molar-refractivity contribution in [3.8, 4) is 0 Å². The van der Waals surface area contributed by atoms with E-state index in [0.717, 1.165) is 10.5 Å². The Labute approximate surface area is 127 Å². The summed E-state index contributed by atoms with van der Waals surface area (Å²) in [5, 5.41) is 0. The molecule has 1 unspecified atom stereocenters. The molecule has 0 heterocycles. The molecule has 0 saturated carbocycles. The lowest BCUT2D eigenvalue weighted by molar-refractivity contribution is 0.496. The van der Waals surface area contributed by atoms with Gasteiger partial charge in [0, 0.05) is 16.2 Å². The molecule has 0 aliphatic carbocycles. The van der Waals surface area contributed by atoms with E-state index in [4.69, 9.17) is 5.84 Å². The van der Waals surface area contributed by atoms with Crippen molar-refractivity contribution in [1.29, 1.82) is 0 Å². The molecule has 3 N–H and O–H groups in total.